The molecule has 2 aromatic carbocycles. The highest BCUT2D eigenvalue weighted by molar-refractivity contribution is 5.97. The molecule has 22 heavy (non-hydrogen) atoms. The molecule has 2 aromatic rings. The summed E-state index contributed by atoms with van der Waals surface area (Å²) in [5.41, 5.74) is 1.04. The summed E-state index contributed by atoms with van der Waals surface area (Å²) in [6.45, 7) is 1.68. The quantitative estimate of drug-likeness (QED) is 0.737. The van der Waals surface area contributed by atoms with Crippen LogP contribution in [0.5, 0.6) is 0 Å². The van der Waals surface area contributed by atoms with Gasteiger partial charge in [0.15, 0.2) is 6.54 Å². The van der Waals surface area contributed by atoms with Crippen LogP contribution in [0.25, 0.3) is 0 Å². The summed E-state index contributed by atoms with van der Waals surface area (Å²) in [5, 5.41) is 11.4. The van der Waals surface area contributed by atoms with Crippen LogP contribution in [-0.2, 0) is 5.72 Å². The third-order valence-electron chi connectivity index (χ3n) is 4.48. The Bertz CT molecular complexity index is 687. The van der Waals surface area contributed by atoms with Crippen molar-refractivity contribution in [2.75, 3.05) is 18.0 Å². The molecule has 1 N–H and O–H groups in total. The molecule has 1 unspecified atom stereocenters. The van der Waals surface area contributed by atoms with Gasteiger partial charge in [-0.1, -0.05) is 48.5 Å². The Morgan fingerprint density at radius 1 is 0.955 bits per heavy atom. The monoisotopic (exact) mass is 358 g/mol. The van der Waals surface area contributed by atoms with Crippen molar-refractivity contribution in [2.45, 2.75) is 18.6 Å². The average Bonchev–Trinajstić information content (AvgIpc) is 3.07. The smallest absolute Gasteiger partial charge is 0.275 e. The number of hydrogen-bond acceptors (Lipinski definition) is 2. The highest BCUT2D eigenvalue weighted by Crippen LogP contribution is 2.38. The standard InChI is InChI=1S/C18H19N2O.BrH/c21-18(15-8-3-1-4-9-15)14-19-13-7-12-17(19)20(18)16-10-5-2-6-11-16;/h1-6,8-11,21H,7,12-14H2;1H/q+1;/p-1. The number of benzene rings is 2. The number of nitrogens with zero attached hydrogens (tertiary/aromatic N) is 2. The van der Waals surface area contributed by atoms with Crippen LogP contribution in [0.1, 0.15) is 18.4 Å². The second-order valence-electron chi connectivity index (χ2n) is 5.79. The van der Waals surface area contributed by atoms with E-state index in [1.807, 2.05) is 48.5 Å². The van der Waals surface area contributed by atoms with Crippen LogP contribution in [-0.4, -0.2) is 28.6 Å². The Morgan fingerprint density at radius 2 is 1.59 bits per heavy atom. The molecule has 1 atom stereocenters. The predicted octanol–water partition coefficient (Wildman–Crippen LogP) is -0.439. The van der Waals surface area contributed by atoms with E-state index in [1.54, 1.807) is 0 Å². The van der Waals surface area contributed by atoms with Crippen molar-refractivity contribution in [1.29, 1.82) is 0 Å². The van der Waals surface area contributed by atoms with Gasteiger partial charge in [0, 0.05) is 5.56 Å². The summed E-state index contributed by atoms with van der Waals surface area (Å²) in [6, 6.07) is 20.2. The number of amidine groups is 1. The number of aliphatic hydroxyl groups is 1. The Kier molecular flexibility index (Phi) is 4.06. The van der Waals surface area contributed by atoms with Gasteiger partial charge in [-0.3, -0.25) is 4.58 Å². The molecule has 4 heteroatoms. The fourth-order valence-corrected chi connectivity index (χ4v) is 3.55. The van der Waals surface area contributed by atoms with E-state index in [1.165, 1.54) is 12.3 Å². The summed E-state index contributed by atoms with van der Waals surface area (Å²) in [6.07, 6.45) is 2.20. The van der Waals surface area contributed by atoms with Crippen LogP contribution < -0.4 is 21.9 Å². The molecular weight excluding hydrogens is 340 g/mol. The molecule has 3 nitrogen and oxygen atoms in total. The summed E-state index contributed by atoms with van der Waals surface area (Å²) >= 11 is 0. The highest BCUT2D eigenvalue weighted by atomic mass is 79.9. The van der Waals surface area contributed by atoms with Crippen LogP contribution >= 0.6 is 0 Å². The first-order valence-corrected chi connectivity index (χ1v) is 7.53. The lowest BCUT2D eigenvalue weighted by Gasteiger charge is -2.29. The number of halogens is 1. The van der Waals surface area contributed by atoms with Gasteiger partial charge in [0.2, 0.25) is 0 Å². The van der Waals surface area contributed by atoms with Crippen molar-refractivity contribution in [1.82, 2.24) is 0 Å². The average molecular weight is 359 g/mol. The van der Waals surface area contributed by atoms with Crippen molar-refractivity contribution >= 4 is 11.5 Å². The lowest BCUT2D eigenvalue weighted by Crippen LogP contribution is -3.00. The molecule has 0 saturated carbocycles. The van der Waals surface area contributed by atoms with Gasteiger partial charge in [0.05, 0.1) is 13.0 Å². The maximum absolute atomic E-state index is 11.4. The maximum Gasteiger partial charge on any atom is 0.275 e. The predicted molar refractivity (Wildman–Crippen MR) is 83.5 cm³/mol. The highest BCUT2D eigenvalue weighted by Gasteiger charge is 2.55. The number of para-hydroxylation sites is 1. The van der Waals surface area contributed by atoms with Gasteiger partial charge >= 0.3 is 0 Å². The summed E-state index contributed by atoms with van der Waals surface area (Å²) in [5.74, 6) is 1.24. The molecule has 2 aliphatic rings. The molecule has 0 fully saturated rings. The van der Waals surface area contributed by atoms with Gasteiger partial charge in [-0.15, -0.1) is 0 Å². The van der Waals surface area contributed by atoms with E-state index in [2.05, 4.69) is 21.6 Å². The van der Waals surface area contributed by atoms with E-state index in [0.29, 0.717) is 6.54 Å². The van der Waals surface area contributed by atoms with Crippen molar-refractivity contribution in [3.8, 4) is 0 Å². The SMILES string of the molecule is OC1(c2ccccc2)C[N+]2=C(CCC2)N1c1ccccc1.[Br-]. The lowest BCUT2D eigenvalue weighted by atomic mass is 10.00. The first-order valence-electron chi connectivity index (χ1n) is 7.53. The zero-order valence-corrected chi connectivity index (χ0v) is 13.9. The number of anilines is 1. The third-order valence-corrected chi connectivity index (χ3v) is 4.48. The molecule has 4 rings (SSSR count). The van der Waals surface area contributed by atoms with Gasteiger partial charge in [0.1, 0.15) is 5.69 Å². The van der Waals surface area contributed by atoms with Crippen molar-refractivity contribution < 1.29 is 26.7 Å². The molecule has 114 valence electrons. The largest absolute Gasteiger partial charge is 1.00 e. The minimum absolute atomic E-state index is 0. The minimum Gasteiger partial charge on any atom is -1.00 e. The van der Waals surface area contributed by atoms with Crippen molar-refractivity contribution in [2.24, 2.45) is 0 Å². The fourth-order valence-electron chi connectivity index (χ4n) is 3.55. The Morgan fingerprint density at radius 3 is 2.27 bits per heavy atom. The van der Waals surface area contributed by atoms with E-state index in [0.717, 1.165) is 24.2 Å². The Labute approximate surface area is 141 Å². The van der Waals surface area contributed by atoms with E-state index in [9.17, 15) is 5.11 Å². The van der Waals surface area contributed by atoms with E-state index >= 15 is 0 Å². The maximum atomic E-state index is 11.4. The molecule has 0 saturated heterocycles. The summed E-state index contributed by atoms with van der Waals surface area (Å²) < 4.78 is 2.32. The van der Waals surface area contributed by atoms with E-state index < -0.39 is 5.72 Å². The minimum atomic E-state index is -0.974. The number of hydrogen-bond donors (Lipinski definition) is 1. The van der Waals surface area contributed by atoms with Gasteiger partial charge < -0.3 is 22.1 Å². The summed E-state index contributed by atoms with van der Waals surface area (Å²) in [7, 11) is 0. The Hall–Kier alpha value is -1.65. The van der Waals surface area contributed by atoms with Crippen molar-refractivity contribution in [3.63, 3.8) is 0 Å². The zero-order valence-electron chi connectivity index (χ0n) is 12.3. The van der Waals surface area contributed by atoms with Crippen LogP contribution in [0, 0.1) is 0 Å². The second kappa shape index (κ2) is 5.86. The molecule has 0 amide bonds. The molecule has 2 heterocycles. The van der Waals surface area contributed by atoms with Gasteiger partial charge in [-0.25, -0.2) is 0 Å². The third kappa shape index (κ3) is 2.27. The zero-order chi connectivity index (χ0) is 14.3. The van der Waals surface area contributed by atoms with Gasteiger partial charge in [0.25, 0.3) is 11.6 Å². The second-order valence-corrected chi connectivity index (χ2v) is 5.79. The molecule has 0 aliphatic carbocycles. The molecule has 0 radical (unpaired) electrons. The van der Waals surface area contributed by atoms with Gasteiger partial charge in [-0.2, -0.15) is 4.90 Å². The number of rotatable bonds is 2. The van der Waals surface area contributed by atoms with E-state index in [-0.39, 0.29) is 17.0 Å². The van der Waals surface area contributed by atoms with Crippen LogP contribution in [0.2, 0.25) is 0 Å². The fraction of sp³-hybridized carbons (Fsp3) is 0.278. The molecular formula is C18H19BrN2O. The van der Waals surface area contributed by atoms with Crippen molar-refractivity contribution in [3.05, 3.63) is 66.2 Å². The summed E-state index contributed by atoms with van der Waals surface area (Å²) in [4.78, 5) is 2.12. The molecule has 2 aliphatic heterocycles. The lowest BCUT2D eigenvalue weighted by molar-refractivity contribution is -0.526. The topological polar surface area (TPSA) is 26.5 Å². The normalized spacial score (nSPS) is 23.4. The van der Waals surface area contributed by atoms with Crippen LogP contribution in [0.3, 0.4) is 0 Å². The first-order chi connectivity index (χ1) is 10.3. The first kappa shape index (κ1) is 15.3. The Balaban J connectivity index is 0.00000144. The molecule has 0 aromatic heterocycles. The van der Waals surface area contributed by atoms with Gasteiger partial charge in [-0.05, 0) is 18.6 Å². The van der Waals surface area contributed by atoms with E-state index in [4.69, 9.17) is 0 Å². The molecule has 0 spiro atoms. The molecule has 0 bridgehead atoms. The van der Waals surface area contributed by atoms with Crippen LogP contribution in [0.15, 0.2) is 60.7 Å². The van der Waals surface area contributed by atoms with Crippen LogP contribution in [0.4, 0.5) is 5.69 Å².